The minimum Gasteiger partial charge on any atom is -0.459 e. The lowest BCUT2D eigenvalue weighted by molar-refractivity contribution is -0.143. The number of esters is 1. The molecule has 6 nitrogen and oxygen atoms in total. The zero-order valence-corrected chi connectivity index (χ0v) is 13.1. The number of hydrogen-bond acceptors (Lipinski definition) is 5. The van der Waals surface area contributed by atoms with Gasteiger partial charge in [0, 0.05) is 5.70 Å². The zero-order valence-electron chi connectivity index (χ0n) is 13.1. The van der Waals surface area contributed by atoms with Gasteiger partial charge in [-0.15, -0.1) is 0 Å². The standard InChI is InChI=1S/C16H17FN4O2/c1-9(2)23-15(22)13-10(3)20-16-18-8-19-21(16)14(13)11-5-4-6-12(17)7-11/h4-9,14H,1-3H3,(H,18,19,20)/t14-/m0/s1. The molecule has 2 heterocycles. The van der Waals surface area contributed by atoms with Gasteiger partial charge in [0.2, 0.25) is 5.95 Å². The number of hydrogen-bond donors (Lipinski definition) is 1. The Morgan fingerprint density at radius 1 is 1.43 bits per heavy atom. The number of benzene rings is 1. The first-order chi connectivity index (χ1) is 11.0. The summed E-state index contributed by atoms with van der Waals surface area (Å²) in [5, 5.41) is 7.20. The summed E-state index contributed by atoms with van der Waals surface area (Å²) in [4.78, 5) is 16.7. The van der Waals surface area contributed by atoms with Crippen LogP contribution in [0.4, 0.5) is 10.3 Å². The van der Waals surface area contributed by atoms with E-state index in [1.54, 1.807) is 37.6 Å². The molecule has 1 aromatic heterocycles. The van der Waals surface area contributed by atoms with Crippen LogP contribution in [0.5, 0.6) is 0 Å². The summed E-state index contributed by atoms with van der Waals surface area (Å²) >= 11 is 0. The molecule has 0 aliphatic carbocycles. The summed E-state index contributed by atoms with van der Waals surface area (Å²) in [6, 6.07) is 5.51. The molecule has 1 aliphatic rings. The SMILES string of the molecule is CC1=C(C(=O)OC(C)C)[C@H](c2cccc(F)c2)n2ncnc2N1. The van der Waals surface area contributed by atoms with Gasteiger partial charge >= 0.3 is 5.97 Å². The molecule has 0 radical (unpaired) electrons. The van der Waals surface area contributed by atoms with Gasteiger partial charge in [-0.05, 0) is 38.5 Å². The van der Waals surface area contributed by atoms with Crippen molar-refractivity contribution in [3.05, 3.63) is 53.2 Å². The molecule has 1 aromatic carbocycles. The highest BCUT2D eigenvalue weighted by atomic mass is 19.1. The van der Waals surface area contributed by atoms with E-state index in [9.17, 15) is 9.18 Å². The van der Waals surface area contributed by atoms with Crippen LogP contribution in [-0.2, 0) is 9.53 Å². The summed E-state index contributed by atoms with van der Waals surface area (Å²) in [6.45, 7) is 5.33. The minimum absolute atomic E-state index is 0.256. The minimum atomic E-state index is -0.587. The molecular formula is C16H17FN4O2. The lowest BCUT2D eigenvalue weighted by Crippen LogP contribution is -2.30. The Balaban J connectivity index is 2.13. The van der Waals surface area contributed by atoms with Gasteiger partial charge in [0.25, 0.3) is 0 Å². The predicted molar refractivity (Wildman–Crippen MR) is 82.1 cm³/mol. The molecule has 1 atom stereocenters. The highest BCUT2D eigenvalue weighted by Gasteiger charge is 2.34. The van der Waals surface area contributed by atoms with E-state index < -0.39 is 12.0 Å². The van der Waals surface area contributed by atoms with Crippen LogP contribution in [0.1, 0.15) is 32.4 Å². The third-order valence-corrected chi connectivity index (χ3v) is 3.52. The molecule has 2 aromatic rings. The van der Waals surface area contributed by atoms with Crippen molar-refractivity contribution < 1.29 is 13.9 Å². The van der Waals surface area contributed by atoms with Crippen LogP contribution in [0.25, 0.3) is 0 Å². The van der Waals surface area contributed by atoms with E-state index in [2.05, 4.69) is 15.4 Å². The molecule has 0 amide bonds. The Hall–Kier alpha value is -2.70. The second kappa shape index (κ2) is 5.83. The number of halogens is 1. The second-order valence-corrected chi connectivity index (χ2v) is 5.60. The molecule has 0 unspecified atom stereocenters. The van der Waals surface area contributed by atoms with E-state index in [0.717, 1.165) is 0 Å². The molecule has 0 fully saturated rings. The summed E-state index contributed by atoms with van der Waals surface area (Å²) in [5.41, 5.74) is 1.61. The van der Waals surface area contributed by atoms with Crippen molar-refractivity contribution >= 4 is 11.9 Å². The fourth-order valence-corrected chi connectivity index (χ4v) is 2.62. The number of carbonyl (C=O) groups is 1. The third kappa shape index (κ3) is 2.81. The largest absolute Gasteiger partial charge is 0.459 e. The average molecular weight is 316 g/mol. The summed E-state index contributed by atoms with van der Waals surface area (Å²) in [5.74, 6) is -0.338. The lowest BCUT2D eigenvalue weighted by Gasteiger charge is -2.28. The quantitative estimate of drug-likeness (QED) is 0.882. The highest BCUT2D eigenvalue weighted by molar-refractivity contribution is 5.92. The van der Waals surface area contributed by atoms with E-state index >= 15 is 0 Å². The first kappa shape index (κ1) is 15.2. The van der Waals surface area contributed by atoms with Gasteiger partial charge in [-0.1, -0.05) is 12.1 Å². The average Bonchev–Trinajstić information content (AvgIpc) is 2.92. The van der Waals surface area contributed by atoms with Crippen LogP contribution in [0.3, 0.4) is 0 Å². The topological polar surface area (TPSA) is 69.0 Å². The number of fused-ring (bicyclic) bond motifs is 1. The van der Waals surface area contributed by atoms with Gasteiger partial charge in [0.1, 0.15) is 18.2 Å². The Bertz CT molecular complexity index is 782. The number of carbonyl (C=O) groups excluding carboxylic acids is 1. The highest BCUT2D eigenvalue weighted by Crippen LogP contribution is 2.35. The fourth-order valence-electron chi connectivity index (χ4n) is 2.62. The molecule has 0 saturated carbocycles. The van der Waals surface area contributed by atoms with Gasteiger partial charge in [-0.2, -0.15) is 10.1 Å². The van der Waals surface area contributed by atoms with E-state index in [0.29, 0.717) is 22.8 Å². The van der Waals surface area contributed by atoms with E-state index in [-0.39, 0.29) is 11.9 Å². The number of nitrogens with one attached hydrogen (secondary N) is 1. The molecule has 0 saturated heterocycles. The lowest BCUT2D eigenvalue weighted by atomic mass is 9.95. The monoisotopic (exact) mass is 316 g/mol. The number of aromatic nitrogens is 3. The van der Waals surface area contributed by atoms with Gasteiger partial charge in [0.05, 0.1) is 11.7 Å². The molecule has 120 valence electrons. The molecule has 3 rings (SSSR count). The van der Waals surface area contributed by atoms with Crippen molar-refractivity contribution in [2.75, 3.05) is 5.32 Å². The Morgan fingerprint density at radius 3 is 2.91 bits per heavy atom. The van der Waals surface area contributed by atoms with Crippen LogP contribution in [0.15, 0.2) is 41.9 Å². The van der Waals surface area contributed by atoms with Crippen LogP contribution >= 0.6 is 0 Å². The number of anilines is 1. The number of rotatable bonds is 3. The van der Waals surface area contributed by atoms with Gasteiger partial charge in [0.15, 0.2) is 0 Å². The Kier molecular flexibility index (Phi) is 3.85. The maximum Gasteiger partial charge on any atom is 0.338 e. The van der Waals surface area contributed by atoms with Crippen LogP contribution < -0.4 is 5.32 Å². The number of nitrogens with zero attached hydrogens (tertiary/aromatic N) is 3. The fraction of sp³-hybridized carbons (Fsp3) is 0.312. The maximum atomic E-state index is 13.7. The predicted octanol–water partition coefficient (Wildman–Crippen LogP) is 2.66. The molecule has 0 spiro atoms. The van der Waals surface area contributed by atoms with E-state index in [1.165, 1.54) is 18.5 Å². The van der Waals surface area contributed by atoms with Crippen LogP contribution in [-0.4, -0.2) is 26.8 Å². The molecular weight excluding hydrogens is 299 g/mol. The van der Waals surface area contributed by atoms with Crippen molar-refractivity contribution in [1.29, 1.82) is 0 Å². The summed E-state index contributed by atoms with van der Waals surface area (Å²) < 4.78 is 20.6. The third-order valence-electron chi connectivity index (χ3n) is 3.52. The Morgan fingerprint density at radius 2 is 2.22 bits per heavy atom. The molecule has 1 aliphatic heterocycles. The maximum absolute atomic E-state index is 13.7. The molecule has 0 bridgehead atoms. The zero-order chi connectivity index (χ0) is 16.6. The van der Waals surface area contributed by atoms with Crippen molar-refractivity contribution in [3.63, 3.8) is 0 Å². The van der Waals surface area contributed by atoms with Crippen molar-refractivity contribution in [3.8, 4) is 0 Å². The van der Waals surface area contributed by atoms with E-state index in [1.807, 2.05) is 0 Å². The van der Waals surface area contributed by atoms with E-state index in [4.69, 9.17) is 4.74 Å². The normalized spacial score (nSPS) is 17.0. The first-order valence-electron chi connectivity index (χ1n) is 7.31. The van der Waals surface area contributed by atoms with Crippen LogP contribution in [0, 0.1) is 5.82 Å². The molecule has 1 N–H and O–H groups in total. The number of ether oxygens (including phenoxy) is 1. The van der Waals surface area contributed by atoms with Crippen molar-refractivity contribution in [2.45, 2.75) is 32.9 Å². The molecule has 7 heteroatoms. The van der Waals surface area contributed by atoms with Crippen molar-refractivity contribution in [1.82, 2.24) is 14.8 Å². The molecule has 23 heavy (non-hydrogen) atoms. The van der Waals surface area contributed by atoms with Gasteiger partial charge < -0.3 is 10.1 Å². The summed E-state index contributed by atoms with van der Waals surface area (Å²) in [6.07, 6.45) is 1.13. The first-order valence-corrected chi connectivity index (χ1v) is 7.31. The smallest absolute Gasteiger partial charge is 0.338 e. The second-order valence-electron chi connectivity index (χ2n) is 5.60. The van der Waals surface area contributed by atoms with Gasteiger partial charge in [-0.3, -0.25) is 0 Å². The Labute approximate surface area is 133 Å². The van der Waals surface area contributed by atoms with Crippen molar-refractivity contribution in [2.24, 2.45) is 0 Å². The number of allylic oxidation sites excluding steroid dienone is 1. The van der Waals surface area contributed by atoms with Gasteiger partial charge in [-0.25, -0.2) is 13.9 Å². The van der Waals surface area contributed by atoms with Crippen LogP contribution in [0.2, 0.25) is 0 Å². The summed E-state index contributed by atoms with van der Waals surface area (Å²) in [7, 11) is 0.